The molecule has 13 heavy (non-hydrogen) atoms. The molecule has 0 radical (unpaired) electrons. The largest absolute Gasteiger partial charge is 0.504 e. The van der Waals surface area contributed by atoms with Gasteiger partial charge in [-0.25, -0.2) is 0 Å². The smallest absolute Gasteiger partial charge is 0.160 e. The van der Waals surface area contributed by atoms with Gasteiger partial charge in [-0.15, -0.1) is 0 Å². The molecule has 1 N–H and O–H groups in total. The van der Waals surface area contributed by atoms with Gasteiger partial charge in [-0.2, -0.15) is 0 Å². The molecule has 0 amide bonds. The summed E-state index contributed by atoms with van der Waals surface area (Å²) in [5.41, 5.74) is 1.06. The van der Waals surface area contributed by atoms with E-state index in [4.69, 9.17) is 9.47 Å². The molecule has 70 valence electrons. The molecule has 2 rings (SSSR count). The first kappa shape index (κ1) is 8.38. The fourth-order valence-electron chi connectivity index (χ4n) is 1.41. The minimum atomic E-state index is 0.166. The lowest BCUT2D eigenvalue weighted by Gasteiger charge is -2.04. The van der Waals surface area contributed by atoms with Crippen molar-refractivity contribution in [3.8, 4) is 11.5 Å². The zero-order chi connectivity index (χ0) is 9.42. The van der Waals surface area contributed by atoms with Gasteiger partial charge < -0.3 is 14.6 Å². The number of phenols is 1. The highest BCUT2D eigenvalue weighted by atomic mass is 16.6. The van der Waals surface area contributed by atoms with Gasteiger partial charge in [-0.05, 0) is 24.6 Å². The Morgan fingerprint density at radius 1 is 1.46 bits per heavy atom. The SMILES string of the molecule is COc1cc(C2OC2C)ccc1O. The van der Waals surface area contributed by atoms with Gasteiger partial charge in [0.25, 0.3) is 0 Å². The lowest BCUT2D eigenvalue weighted by molar-refractivity contribution is 0.367. The first-order chi connectivity index (χ1) is 6.22. The third kappa shape index (κ3) is 1.47. The van der Waals surface area contributed by atoms with E-state index in [1.165, 1.54) is 7.11 Å². The number of rotatable bonds is 2. The molecule has 0 aliphatic carbocycles. The maximum Gasteiger partial charge on any atom is 0.160 e. The van der Waals surface area contributed by atoms with Crippen molar-refractivity contribution in [3.05, 3.63) is 23.8 Å². The van der Waals surface area contributed by atoms with Crippen LogP contribution in [0.1, 0.15) is 18.6 Å². The molecule has 1 saturated heterocycles. The highest BCUT2D eigenvalue weighted by molar-refractivity contribution is 5.43. The number of hydrogen-bond acceptors (Lipinski definition) is 3. The van der Waals surface area contributed by atoms with Crippen molar-refractivity contribution in [3.63, 3.8) is 0 Å². The molecule has 1 aromatic rings. The number of phenolic OH excluding ortho intramolecular Hbond substituents is 1. The third-order valence-corrected chi connectivity index (χ3v) is 2.24. The van der Waals surface area contributed by atoms with Crippen LogP contribution in [-0.2, 0) is 4.74 Å². The van der Waals surface area contributed by atoms with E-state index in [9.17, 15) is 5.11 Å². The maximum atomic E-state index is 9.34. The summed E-state index contributed by atoms with van der Waals surface area (Å²) >= 11 is 0. The summed E-state index contributed by atoms with van der Waals surface area (Å²) in [6.45, 7) is 2.02. The fourth-order valence-corrected chi connectivity index (χ4v) is 1.41. The Kier molecular flexibility index (Phi) is 1.88. The Morgan fingerprint density at radius 2 is 2.15 bits per heavy atom. The van der Waals surface area contributed by atoms with E-state index < -0.39 is 0 Å². The minimum absolute atomic E-state index is 0.166. The van der Waals surface area contributed by atoms with E-state index in [-0.39, 0.29) is 18.0 Å². The van der Waals surface area contributed by atoms with Crippen LogP contribution in [0.3, 0.4) is 0 Å². The molecular formula is C10H12O3. The standard InChI is InChI=1S/C10H12O3/c1-6-10(13-6)7-3-4-8(11)9(5-7)12-2/h3-6,10-11H,1-2H3. The predicted molar refractivity (Wildman–Crippen MR) is 47.9 cm³/mol. The van der Waals surface area contributed by atoms with Crippen molar-refractivity contribution < 1.29 is 14.6 Å². The van der Waals surface area contributed by atoms with Crippen LogP contribution in [0, 0.1) is 0 Å². The van der Waals surface area contributed by atoms with Gasteiger partial charge in [-0.1, -0.05) is 6.07 Å². The normalized spacial score (nSPS) is 25.7. The van der Waals surface area contributed by atoms with E-state index >= 15 is 0 Å². The second kappa shape index (κ2) is 2.92. The summed E-state index contributed by atoms with van der Waals surface area (Å²) in [4.78, 5) is 0. The number of methoxy groups -OCH3 is 1. The number of benzene rings is 1. The first-order valence-electron chi connectivity index (χ1n) is 4.24. The molecule has 1 aliphatic rings. The van der Waals surface area contributed by atoms with Gasteiger partial charge in [0, 0.05) is 0 Å². The zero-order valence-corrected chi connectivity index (χ0v) is 7.65. The van der Waals surface area contributed by atoms with E-state index in [2.05, 4.69) is 0 Å². The van der Waals surface area contributed by atoms with Crippen molar-refractivity contribution in [1.82, 2.24) is 0 Å². The van der Waals surface area contributed by atoms with Crippen LogP contribution in [0.15, 0.2) is 18.2 Å². The van der Waals surface area contributed by atoms with Crippen LogP contribution in [0.25, 0.3) is 0 Å². The topological polar surface area (TPSA) is 42.0 Å². The summed E-state index contributed by atoms with van der Waals surface area (Å²) in [6, 6.07) is 5.29. The third-order valence-electron chi connectivity index (χ3n) is 2.24. The van der Waals surface area contributed by atoms with Gasteiger partial charge in [-0.3, -0.25) is 0 Å². The second-order valence-electron chi connectivity index (χ2n) is 3.19. The van der Waals surface area contributed by atoms with Gasteiger partial charge >= 0.3 is 0 Å². The molecule has 1 heterocycles. The zero-order valence-electron chi connectivity index (χ0n) is 7.65. The van der Waals surface area contributed by atoms with Crippen LogP contribution in [0.4, 0.5) is 0 Å². The van der Waals surface area contributed by atoms with E-state index in [0.29, 0.717) is 5.75 Å². The Bertz CT molecular complexity index is 322. The molecule has 1 fully saturated rings. The van der Waals surface area contributed by atoms with Gasteiger partial charge in [0.15, 0.2) is 11.5 Å². The van der Waals surface area contributed by atoms with Crippen LogP contribution in [0.5, 0.6) is 11.5 Å². The molecule has 0 bridgehead atoms. The molecular weight excluding hydrogens is 168 g/mol. The van der Waals surface area contributed by atoms with Gasteiger partial charge in [0.05, 0.1) is 13.2 Å². The molecule has 2 atom stereocenters. The average Bonchev–Trinajstić information content (AvgIpc) is 2.84. The van der Waals surface area contributed by atoms with Crippen molar-refractivity contribution >= 4 is 0 Å². The predicted octanol–water partition coefficient (Wildman–Crippen LogP) is 1.86. The van der Waals surface area contributed by atoms with Crippen molar-refractivity contribution in [2.24, 2.45) is 0 Å². The Labute approximate surface area is 76.9 Å². The van der Waals surface area contributed by atoms with Crippen LogP contribution >= 0.6 is 0 Å². The van der Waals surface area contributed by atoms with Crippen molar-refractivity contribution in [1.29, 1.82) is 0 Å². The second-order valence-corrected chi connectivity index (χ2v) is 3.19. The monoisotopic (exact) mass is 180 g/mol. The van der Waals surface area contributed by atoms with E-state index in [1.807, 2.05) is 19.1 Å². The average molecular weight is 180 g/mol. The molecule has 0 spiro atoms. The molecule has 0 saturated carbocycles. The Morgan fingerprint density at radius 3 is 2.69 bits per heavy atom. The van der Waals surface area contributed by atoms with Gasteiger partial charge in [0.1, 0.15) is 6.10 Å². The first-order valence-corrected chi connectivity index (χ1v) is 4.24. The Balaban J connectivity index is 2.28. The van der Waals surface area contributed by atoms with Crippen LogP contribution in [-0.4, -0.2) is 18.3 Å². The molecule has 2 unspecified atom stereocenters. The highest BCUT2D eigenvalue weighted by Gasteiger charge is 2.35. The Hall–Kier alpha value is -1.22. The lowest BCUT2D eigenvalue weighted by Crippen LogP contribution is -1.88. The van der Waals surface area contributed by atoms with Crippen LogP contribution in [0.2, 0.25) is 0 Å². The van der Waals surface area contributed by atoms with E-state index in [1.54, 1.807) is 6.07 Å². The number of hydrogen-bond donors (Lipinski definition) is 1. The van der Waals surface area contributed by atoms with E-state index in [0.717, 1.165) is 5.56 Å². The quantitative estimate of drug-likeness (QED) is 0.706. The van der Waals surface area contributed by atoms with Gasteiger partial charge in [0.2, 0.25) is 0 Å². The molecule has 1 aromatic carbocycles. The number of ether oxygens (including phenoxy) is 2. The highest BCUT2D eigenvalue weighted by Crippen LogP contribution is 2.40. The number of epoxide rings is 1. The summed E-state index contributed by atoms with van der Waals surface area (Å²) in [6.07, 6.45) is 0.462. The van der Waals surface area contributed by atoms with Crippen LogP contribution < -0.4 is 4.74 Å². The molecule has 0 aromatic heterocycles. The summed E-state index contributed by atoms with van der Waals surface area (Å²) in [5, 5.41) is 9.34. The minimum Gasteiger partial charge on any atom is -0.504 e. The summed E-state index contributed by atoms with van der Waals surface area (Å²) < 4.78 is 10.3. The fraction of sp³-hybridized carbons (Fsp3) is 0.400. The summed E-state index contributed by atoms with van der Waals surface area (Å²) in [7, 11) is 1.54. The molecule has 3 heteroatoms. The lowest BCUT2D eigenvalue weighted by atomic mass is 10.1. The maximum absolute atomic E-state index is 9.34. The molecule has 1 aliphatic heterocycles. The summed E-state index contributed by atoms with van der Waals surface area (Å²) in [5.74, 6) is 0.666. The molecule has 3 nitrogen and oxygen atoms in total. The number of aromatic hydroxyl groups is 1. The van der Waals surface area contributed by atoms with Crippen molar-refractivity contribution in [2.45, 2.75) is 19.1 Å². The van der Waals surface area contributed by atoms with Crippen molar-refractivity contribution in [2.75, 3.05) is 7.11 Å².